The van der Waals surface area contributed by atoms with Gasteiger partial charge in [-0.2, -0.15) is 0 Å². The fourth-order valence-corrected chi connectivity index (χ4v) is 6.83. The van der Waals surface area contributed by atoms with Crippen molar-refractivity contribution in [2.24, 2.45) is 7.05 Å². The van der Waals surface area contributed by atoms with Crippen LogP contribution in [0.4, 0.5) is 0 Å². The molecule has 0 spiro atoms. The molecule has 5 nitrogen and oxygen atoms in total. The Morgan fingerprint density at radius 2 is 1.88 bits per heavy atom. The summed E-state index contributed by atoms with van der Waals surface area (Å²) in [5, 5.41) is 10.8. The summed E-state index contributed by atoms with van der Waals surface area (Å²) in [5.74, 6) is 2.06. The highest BCUT2D eigenvalue weighted by molar-refractivity contribution is 7.98. The normalized spacial score (nSPS) is 20.1. The second-order valence-corrected chi connectivity index (χ2v) is 16.0. The monoisotopic (exact) mass is 395 g/mol. The summed E-state index contributed by atoms with van der Waals surface area (Å²) in [6, 6.07) is 8.88. The summed E-state index contributed by atoms with van der Waals surface area (Å²) in [5.41, 5.74) is 1.26. The quantitative estimate of drug-likeness (QED) is 0.575. The Kier molecular flexibility index (Phi) is 5.14. The first-order valence-electron chi connectivity index (χ1n) is 8.48. The number of hydrogen-bond donors (Lipinski definition) is 0. The minimum atomic E-state index is -2.91. The number of aromatic nitrogens is 3. The van der Waals surface area contributed by atoms with Crippen LogP contribution in [0, 0.1) is 0 Å². The lowest BCUT2D eigenvalue weighted by molar-refractivity contribution is 0.599. The van der Waals surface area contributed by atoms with Crippen LogP contribution in [0.2, 0.25) is 19.6 Å². The number of nitrogens with zero attached hydrogens (tertiary/aromatic N) is 3. The van der Waals surface area contributed by atoms with Crippen molar-refractivity contribution in [1.82, 2.24) is 14.8 Å². The third-order valence-electron chi connectivity index (χ3n) is 4.65. The molecule has 0 unspecified atom stereocenters. The molecule has 0 radical (unpaired) electrons. The lowest BCUT2D eigenvalue weighted by atomic mass is 10.1. The Morgan fingerprint density at radius 1 is 1.20 bits per heavy atom. The fraction of sp³-hybridized carbons (Fsp3) is 0.529. The molecule has 0 aliphatic carbocycles. The first-order chi connectivity index (χ1) is 11.7. The minimum absolute atomic E-state index is 0.0205. The summed E-state index contributed by atoms with van der Waals surface area (Å²) >= 11 is 1.64. The highest BCUT2D eigenvalue weighted by Crippen LogP contribution is 2.30. The Balaban J connectivity index is 1.66. The van der Waals surface area contributed by atoms with Crippen LogP contribution in [0.15, 0.2) is 29.4 Å². The summed E-state index contributed by atoms with van der Waals surface area (Å²) < 4.78 is 25.3. The Morgan fingerprint density at radius 3 is 2.44 bits per heavy atom. The first kappa shape index (κ1) is 18.7. The number of rotatable bonds is 5. The van der Waals surface area contributed by atoms with E-state index in [1.54, 1.807) is 11.8 Å². The lowest BCUT2D eigenvalue weighted by Crippen LogP contribution is -2.37. The highest BCUT2D eigenvalue weighted by Gasteiger charge is 2.32. The molecule has 1 aromatic carbocycles. The van der Waals surface area contributed by atoms with Gasteiger partial charge in [0, 0.05) is 18.7 Å². The van der Waals surface area contributed by atoms with Crippen molar-refractivity contribution in [2.45, 2.75) is 42.9 Å². The van der Waals surface area contributed by atoms with Gasteiger partial charge in [-0.3, -0.25) is 0 Å². The van der Waals surface area contributed by atoms with Crippen LogP contribution in [0.3, 0.4) is 0 Å². The van der Waals surface area contributed by atoms with Crippen LogP contribution in [0.25, 0.3) is 0 Å². The molecule has 1 aliphatic rings. The van der Waals surface area contributed by atoms with Gasteiger partial charge >= 0.3 is 0 Å². The molecule has 1 saturated heterocycles. The smallest absolute Gasteiger partial charge is 0.191 e. The molecule has 1 atom stereocenters. The zero-order chi connectivity index (χ0) is 18.2. The maximum absolute atomic E-state index is 11.7. The average molecular weight is 396 g/mol. The molecule has 25 heavy (non-hydrogen) atoms. The van der Waals surface area contributed by atoms with Gasteiger partial charge in [-0.1, -0.05) is 60.9 Å². The third-order valence-corrected chi connectivity index (χ3v) is 9.58. The van der Waals surface area contributed by atoms with Crippen LogP contribution in [-0.2, 0) is 22.6 Å². The van der Waals surface area contributed by atoms with Crippen molar-refractivity contribution in [3.05, 3.63) is 35.7 Å². The van der Waals surface area contributed by atoms with E-state index in [2.05, 4.69) is 54.1 Å². The lowest BCUT2D eigenvalue weighted by Gasteiger charge is -2.16. The molecule has 0 saturated carbocycles. The molecule has 0 N–H and O–H groups in total. The van der Waals surface area contributed by atoms with E-state index >= 15 is 0 Å². The molecule has 1 fully saturated rings. The fourth-order valence-electron chi connectivity index (χ4n) is 3.05. The Labute approximate surface area is 155 Å². The van der Waals surface area contributed by atoms with Gasteiger partial charge < -0.3 is 4.57 Å². The predicted octanol–water partition coefficient (Wildman–Crippen LogP) is 2.55. The van der Waals surface area contributed by atoms with Crippen molar-refractivity contribution in [3.63, 3.8) is 0 Å². The van der Waals surface area contributed by atoms with Gasteiger partial charge in [0.05, 0.1) is 19.6 Å². The van der Waals surface area contributed by atoms with Crippen LogP contribution in [-0.4, -0.2) is 42.8 Å². The van der Waals surface area contributed by atoms with Crippen molar-refractivity contribution in [3.8, 4) is 0 Å². The molecule has 1 aliphatic heterocycles. The van der Waals surface area contributed by atoms with E-state index in [0.717, 1.165) is 16.7 Å². The van der Waals surface area contributed by atoms with E-state index in [-0.39, 0.29) is 17.4 Å². The molecule has 1 aromatic heterocycles. The zero-order valence-corrected chi connectivity index (χ0v) is 17.8. The molecule has 136 valence electrons. The van der Waals surface area contributed by atoms with Crippen LogP contribution < -0.4 is 5.19 Å². The second kappa shape index (κ2) is 6.89. The van der Waals surface area contributed by atoms with E-state index in [0.29, 0.717) is 6.42 Å². The zero-order valence-electron chi connectivity index (χ0n) is 15.2. The van der Waals surface area contributed by atoms with Crippen molar-refractivity contribution in [2.75, 3.05) is 11.5 Å². The Hall–Kier alpha value is -1.12. The number of benzene rings is 1. The van der Waals surface area contributed by atoms with Crippen molar-refractivity contribution >= 4 is 34.9 Å². The first-order valence-corrected chi connectivity index (χ1v) is 14.8. The largest absolute Gasteiger partial charge is 0.309 e. The molecule has 3 rings (SSSR count). The van der Waals surface area contributed by atoms with Crippen molar-refractivity contribution in [1.29, 1.82) is 0 Å². The van der Waals surface area contributed by atoms with Gasteiger partial charge in [-0.25, -0.2) is 8.42 Å². The van der Waals surface area contributed by atoms with E-state index in [1.165, 1.54) is 10.8 Å². The van der Waals surface area contributed by atoms with Gasteiger partial charge in [0.25, 0.3) is 0 Å². The number of thioether (sulfide) groups is 1. The van der Waals surface area contributed by atoms with Crippen molar-refractivity contribution < 1.29 is 8.42 Å². The van der Waals surface area contributed by atoms with Gasteiger partial charge in [0.15, 0.2) is 15.0 Å². The van der Waals surface area contributed by atoms with Gasteiger partial charge in [-0.05, 0) is 12.0 Å². The summed E-state index contributed by atoms with van der Waals surface area (Å²) in [6.07, 6.45) is 0.650. The Bertz CT molecular complexity index is 855. The van der Waals surface area contributed by atoms with Crippen LogP contribution in [0.5, 0.6) is 0 Å². The molecular weight excluding hydrogens is 370 g/mol. The number of sulfone groups is 1. The molecular formula is C17H25N3O2S2Si. The van der Waals surface area contributed by atoms with E-state index in [9.17, 15) is 8.42 Å². The summed E-state index contributed by atoms with van der Waals surface area (Å²) in [7, 11) is -2.24. The molecule has 0 amide bonds. The third kappa shape index (κ3) is 4.35. The van der Waals surface area contributed by atoms with E-state index < -0.39 is 17.9 Å². The van der Waals surface area contributed by atoms with Crippen LogP contribution in [0.1, 0.15) is 23.7 Å². The summed E-state index contributed by atoms with van der Waals surface area (Å²) in [6.45, 7) is 7.04. The maximum Gasteiger partial charge on any atom is 0.191 e. The highest BCUT2D eigenvalue weighted by atomic mass is 32.2. The predicted molar refractivity (Wildman–Crippen MR) is 106 cm³/mol. The molecule has 2 heterocycles. The standard InChI is InChI=1S/C17H25N3O2S2Si/c1-20-16(14-9-10-24(21,22)12-14)18-19-17(20)23-11-13-5-7-15(8-6-13)25(2,3)4/h5-8,14H,9-12H2,1-4H3/t14-/m0/s1. The SMILES string of the molecule is Cn1c(SCc2ccc([Si](C)(C)C)cc2)nnc1[C@H]1CCS(=O)(=O)C1. The maximum atomic E-state index is 11.7. The average Bonchev–Trinajstić information content (AvgIpc) is 3.07. The van der Waals surface area contributed by atoms with Gasteiger partial charge in [-0.15, -0.1) is 10.2 Å². The van der Waals surface area contributed by atoms with E-state index in [1.807, 2.05) is 11.6 Å². The van der Waals surface area contributed by atoms with E-state index in [4.69, 9.17) is 0 Å². The van der Waals surface area contributed by atoms with Gasteiger partial charge in [0.2, 0.25) is 0 Å². The van der Waals surface area contributed by atoms with Gasteiger partial charge in [0.1, 0.15) is 5.82 Å². The molecule has 8 heteroatoms. The minimum Gasteiger partial charge on any atom is -0.309 e. The van der Waals surface area contributed by atoms with Crippen LogP contribution >= 0.6 is 11.8 Å². The molecule has 2 aromatic rings. The topological polar surface area (TPSA) is 64.8 Å². The summed E-state index contributed by atoms with van der Waals surface area (Å²) in [4.78, 5) is 0. The molecule has 0 bridgehead atoms. The second-order valence-electron chi connectivity index (χ2n) is 7.74. The number of hydrogen-bond acceptors (Lipinski definition) is 5.